The van der Waals surface area contributed by atoms with E-state index in [0.717, 1.165) is 27.5 Å². The highest BCUT2D eigenvalue weighted by molar-refractivity contribution is 6.03. The lowest BCUT2D eigenvalue weighted by Crippen LogP contribution is -2.03. The molecule has 1 aromatic heterocycles. The molecule has 1 N–H and O–H groups in total. The number of hydrogen-bond donors (Lipinski definition) is 1. The number of benzene rings is 2. The van der Waals surface area contributed by atoms with Gasteiger partial charge in [0.2, 0.25) is 5.76 Å². The lowest BCUT2D eigenvalue weighted by Gasteiger charge is -2.04. The highest BCUT2D eigenvalue weighted by Gasteiger charge is 2.16. The Hall–Kier alpha value is -3.08. The van der Waals surface area contributed by atoms with Gasteiger partial charge in [-0.25, -0.2) is 4.79 Å². The number of ether oxygens (including phenoxy) is 1. The first kappa shape index (κ1) is 15.8. The summed E-state index contributed by atoms with van der Waals surface area (Å²) in [6.45, 7) is 3.81. The van der Waals surface area contributed by atoms with E-state index in [1.165, 1.54) is 0 Å². The van der Waals surface area contributed by atoms with Gasteiger partial charge in [-0.2, -0.15) is 0 Å². The molecular weight excluding hydrogens is 306 g/mol. The lowest BCUT2D eigenvalue weighted by atomic mass is 10.0. The van der Waals surface area contributed by atoms with Gasteiger partial charge in [0, 0.05) is 10.8 Å². The van der Waals surface area contributed by atoms with Gasteiger partial charge in [-0.3, -0.25) is 0 Å². The normalized spacial score (nSPS) is 11.7. The summed E-state index contributed by atoms with van der Waals surface area (Å²) in [5.41, 5.74) is 3.44. The molecule has 0 fully saturated rings. The summed E-state index contributed by atoms with van der Waals surface area (Å²) in [6, 6.07) is 13.5. The molecule has 0 saturated carbocycles. The summed E-state index contributed by atoms with van der Waals surface area (Å²) in [7, 11) is 0. The summed E-state index contributed by atoms with van der Waals surface area (Å²) in [4.78, 5) is 11.9. The molecule has 0 spiro atoms. The van der Waals surface area contributed by atoms with Crippen LogP contribution in [0.4, 0.5) is 0 Å². The predicted octanol–water partition coefficient (Wildman–Crippen LogP) is 4.47. The minimum atomic E-state index is -0.455. The Morgan fingerprint density at radius 1 is 1.17 bits per heavy atom. The summed E-state index contributed by atoms with van der Waals surface area (Å²) in [6.07, 6.45) is 1.56. The van der Waals surface area contributed by atoms with Gasteiger partial charge in [0.15, 0.2) is 0 Å². The van der Waals surface area contributed by atoms with Gasteiger partial charge in [-0.15, -0.1) is 0 Å². The number of carbonyl (C=O) groups is 1. The highest BCUT2D eigenvalue weighted by Crippen LogP contribution is 2.28. The second-order valence-electron chi connectivity index (χ2n) is 5.35. The third-order valence-electron chi connectivity index (χ3n) is 3.85. The van der Waals surface area contributed by atoms with Crippen molar-refractivity contribution in [1.82, 2.24) is 0 Å². The van der Waals surface area contributed by atoms with Crippen LogP contribution in [-0.2, 0) is 4.74 Å². The Bertz CT molecular complexity index is 907. The molecule has 5 heteroatoms. The maximum Gasteiger partial charge on any atom is 0.374 e. The van der Waals surface area contributed by atoms with E-state index < -0.39 is 5.97 Å². The van der Waals surface area contributed by atoms with Gasteiger partial charge in [0.25, 0.3) is 0 Å². The molecule has 24 heavy (non-hydrogen) atoms. The Kier molecular flexibility index (Phi) is 4.33. The van der Waals surface area contributed by atoms with Crippen LogP contribution in [0.15, 0.2) is 58.3 Å². The Balaban J connectivity index is 1.95. The van der Waals surface area contributed by atoms with Gasteiger partial charge in [-0.05, 0) is 42.7 Å². The molecule has 0 amide bonds. The molecule has 3 rings (SSSR count). The van der Waals surface area contributed by atoms with Crippen molar-refractivity contribution in [3.63, 3.8) is 0 Å². The Morgan fingerprint density at radius 2 is 1.88 bits per heavy atom. The molecular formula is C19H17NO4. The number of hydrogen-bond acceptors (Lipinski definition) is 5. The van der Waals surface area contributed by atoms with Crippen LogP contribution in [0.5, 0.6) is 0 Å². The van der Waals surface area contributed by atoms with Crippen molar-refractivity contribution in [1.29, 1.82) is 0 Å². The largest absolute Gasteiger partial charge is 0.460 e. The smallest absolute Gasteiger partial charge is 0.374 e. The first-order chi connectivity index (χ1) is 11.6. The van der Waals surface area contributed by atoms with E-state index in [0.29, 0.717) is 12.3 Å². The standard InChI is InChI=1S/C19H17NO4/c1-3-23-19(21)18-17-9-8-15(10-16(17)11-24-18)14-6-4-13(5-7-14)12(2)20-22/h4-11,22H,3H2,1-2H3. The summed E-state index contributed by atoms with van der Waals surface area (Å²) in [5, 5.41) is 13.6. The van der Waals surface area contributed by atoms with Gasteiger partial charge in [0.05, 0.1) is 18.6 Å². The van der Waals surface area contributed by atoms with E-state index >= 15 is 0 Å². The van der Waals surface area contributed by atoms with Crippen LogP contribution in [0.25, 0.3) is 21.9 Å². The Morgan fingerprint density at radius 3 is 2.54 bits per heavy atom. The first-order valence-corrected chi connectivity index (χ1v) is 7.62. The molecule has 0 atom stereocenters. The number of nitrogens with zero attached hydrogens (tertiary/aromatic N) is 1. The minimum absolute atomic E-state index is 0.225. The first-order valence-electron chi connectivity index (χ1n) is 7.62. The fraction of sp³-hybridized carbons (Fsp3) is 0.158. The molecule has 0 saturated heterocycles. The average Bonchev–Trinajstić information content (AvgIpc) is 3.04. The minimum Gasteiger partial charge on any atom is -0.460 e. The van der Waals surface area contributed by atoms with Gasteiger partial charge >= 0.3 is 5.97 Å². The van der Waals surface area contributed by atoms with E-state index in [4.69, 9.17) is 14.4 Å². The van der Waals surface area contributed by atoms with Crippen LogP contribution in [0.2, 0.25) is 0 Å². The second-order valence-corrected chi connectivity index (χ2v) is 5.35. The molecule has 0 radical (unpaired) electrons. The van der Waals surface area contributed by atoms with Crippen molar-refractivity contribution < 1.29 is 19.2 Å². The molecule has 0 aliphatic rings. The summed E-state index contributed by atoms with van der Waals surface area (Å²) < 4.78 is 10.4. The number of esters is 1. The molecule has 2 aromatic carbocycles. The van der Waals surface area contributed by atoms with Crippen LogP contribution < -0.4 is 0 Å². The quantitative estimate of drug-likeness (QED) is 0.333. The van der Waals surface area contributed by atoms with Crippen molar-refractivity contribution >= 4 is 22.5 Å². The molecule has 1 heterocycles. The van der Waals surface area contributed by atoms with Crippen LogP contribution in [0.1, 0.15) is 30.0 Å². The fourth-order valence-electron chi connectivity index (χ4n) is 2.55. The second kappa shape index (κ2) is 6.58. The van der Waals surface area contributed by atoms with Crippen LogP contribution in [-0.4, -0.2) is 23.5 Å². The molecule has 5 nitrogen and oxygen atoms in total. The maximum atomic E-state index is 11.9. The number of oxime groups is 1. The number of carbonyl (C=O) groups excluding carboxylic acids is 1. The van der Waals surface area contributed by atoms with Gasteiger partial charge in [0.1, 0.15) is 0 Å². The molecule has 0 aliphatic heterocycles. The maximum absolute atomic E-state index is 11.9. The van der Waals surface area contributed by atoms with Gasteiger partial charge in [-0.1, -0.05) is 35.5 Å². The zero-order valence-electron chi connectivity index (χ0n) is 13.4. The third-order valence-corrected chi connectivity index (χ3v) is 3.85. The number of furan rings is 1. The van der Waals surface area contributed by atoms with Crippen molar-refractivity contribution in [2.24, 2.45) is 5.16 Å². The van der Waals surface area contributed by atoms with E-state index in [-0.39, 0.29) is 5.76 Å². The Labute approximate surface area is 139 Å². The van der Waals surface area contributed by atoms with Crippen molar-refractivity contribution in [2.75, 3.05) is 6.61 Å². The summed E-state index contributed by atoms with van der Waals surface area (Å²) >= 11 is 0. The average molecular weight is 323 g/mol. The van der Waals surface area contributed by atoms with E-state index in [1.807, 2.05) is 42.5 Å². The van der Waals surface area contributed by atoms with Crippen molar-refractivity contribution in [2.45, 2.75) is 13.8 Å². The van der Waals surface area contributed by atoms with E-state index in [2.05, 4.69) is 5.16 Å². The summed E-state index contributed by atoms with van der Waals surface area (Å²) in [5.74, 6) is -0.230. The zero-order valence-corrected chi connectivity index (χ0v) is 13.4. The fourth-order valence-corrected chi connectivity index (χ4v) is 2.55. The van der Waals surface area contributed by atoms with Crippen molar-refractivity contribution in [3.05, 3.63) is 60.1 Å². The third kappa shape index (κ3) is 2.88. The lowest BCUT2D eigenvalue weighted by molar-refractivity contribution is 0.0493. The number of rotatable bonds is 4. The van der Waals surface area contributed by atoms with Crippen molar-refractivity contribution in [3.8, 4) is 11.1 Å². The predicted molar refractivity (Wildman–Crippen MR) is 91.6 cm³/mol. The van der Waals surface area contributed by atoms with E-state index in [9.17, 15) is 4.79 Å². The molecule has 122 valence electrons. The highest BCUT2D eigenvalue weighted by atomic mass is 16.5. The van der Waals surface area contributed by atoms with Crippen LogP contribution in [0, 0.1) is 0 Å². The number of fused-ring (bicyclic) bond motifs is 1. The molecule has 3 aromatic rings. The molecule has 0 bridgehead atoms. The topological polar surface area (TPSA) is 72.0 Å². The van der Waals surface area contributed by atoms with Gasteiger partial charge < -0.3 is 14.4 Å². The monoisotopic (exact) mass is 323 g/mol. The SMILES string of the molecule is CCOC(=O)c1occ2cc(-c3ccc(C(C)=NO)cc3)ccc12. The van der Waals surface area contributed by atoms with Crippen LogP contribution in [0.3, 0.4) is 0 Å². The molecule has 0 unspecified atom stereocenters. The van der Waals surface area contributed by atoms with Crippen LogP contribution >= 0.6 is 0 Å². The molecule has 0 aliphatic carbocycles. The zero-order chi connectivity index (χ0) is 17.1. The van der Waals surface area contributed by atoms with E-state index in [1.54, 1.807) is 20.1 Å².